The van der Waals surface area contributed by atoms with Crippen LogP contribution < -0.4 is 11.1 Å². The molecule has 0 aromatic heterocycles. The number of nitrogens with zero attached hydrogens (tertiary/aromatic N) is 1. The van der Waals surface area contributed by atoms with Crippen LogP contribution in [0.15, 0.2) is 36.5 Å². The first kappa shape index (κ1) is 28.4. The van der Waals surface area contributed by atoms with E-state index in [1.165, 1.54) is 19.3 Å². The highest BCUT2D eigenvalue weighted by atomic mass is 16.2. The molecule has 4 heteroatoms. The predicted octanol–water partition coefficient (Wildman–Crippen LogP) is 4.15. The number of hydrogen-bond donors (Lipinski definition) is 2. The summed E-state index contributed by atoms with van der Waals surface area (Å²) in [7, 11) is 3.75. The Morgan fingerprint density at radius 3 is 1.88 bits per heavy atom. The number of amides is 1. The molecule has 0 bridgehead atoms. The van der Waals surface area contributed by atoms with Crippen molar-refractivity contribution in [3.63, 3.8) is 0 Å². The van der Waals surface area contributed by atoms with Crippen molar-refractivity contribution in [3.8, 4) is 0 Å². The van der Waals surface area contributed by atoms with Gasteiger partial charge in [-0.1, -0.05) is 50.3 Å². The van der Waals surface area contributed by atoms with E-state index < -0.39 is 0 Å². The molecule has 1 atom stereocenters. The Balaban J connectivity index is -0.000000296. The molecule has 25 heavy (non-hydrogen) atoms. The lowest BCUT2D eigenvalue weighted by atomic mass is 10.1. The van der Waals surface area contributed by atoms with Gasteiger partial charge in [0.15, 0.2) is 0 Å². The molecule has 1 amide bonds. The van der Waals surface area contributed by atoms with E-state index in [1.807, 2.05) is 51.9 Å². The second-order valence-electron chi connectivity index (χ2n) is 5.77. The molecule has 1 rings (SSSR count). The normalized spacial score (nSPS) is 15.0. The highest BCUT2D eigenvalue weighted by Crippen LogP contribution is 2.07. The number of nitrogens with one attached hydrogen (secondary N) is 1. The smallest absolute Gasteiger partial charge is 0.219 e. The number of allylic oxidation sites excluding steroid dienone is 6. The maximum absolute atomic E-state index is 10.7. The zero-order valence-electron chi connectivity index (χ0n) is 17.7. The zero-order valence-corrected chi connectivity index (χ0v) is 17.7. The van der Waals surface area contributed by atoms with E-state index in [2.05, 4.69) is 36.5 Å². The maximum Gasteiger partial charge on any atom is 0.219 e. The van der Waals surface area contributed by atoms with Crippen LogP contribution in [0.2, 0.25) is 0 Å². The maximum atomic E-state index is 10.7. The molecule has 0 saturated carbocycles. The van der Waals surface area contributed by atoms with Crippen molar-refractivity contribution >= 4 is 5.91 Å². The molecule has 1 fully saturated rings. The zero-order chi connectivity index (χ0) is 19.9. The summed E-state index contributed by atoms with van der Waals surface area (Å²) in [6.45, 7) is 12.5. The van der Waals surface area contributed by atoms with E-state index >= 15 is 0 Å². The average molecular weight is 354 g/mol. The van der Waals surface area contributed by atoms with Crippen LogP contribution in [0, 0.1) is 5.92 Å². The van der Waals surface area contributed by atoms with Crippen LogP contribution in [0.4, 0.5) is 0 Å². The topological polar surface area (TPSA) is 58.4 Å². The fourth-order valence-electron chi connectivity index (χ4n) is 1.93. The Labute approximate surface area is 157 Å². The lowest BCUT2D eigenvalue weighted by molar-refractivity contribution is -0.129. The van der Waals surface area contributed by atoms with Gasteiger partial charge >= 0.3 is 0 Å². The molecule has 3 N–H and O–H groups in total. The van der Waals surface area contributed by atoms with Crippen molar-refractivity contribution in [2.24, 2.45) is 11.7 Å². The summed E-state index contributed by atoms with van der Waals surface area (Å²) in [6.07, 6.45) is 16.2. The molecule has 0 radical (unpaired) electrons. The minimum absolute atomic E-state index is 0.231. The standard InChI is InChI=1S/C10H16.C7H13NO.2C2H7N/c1-4-6-7-9-10(3)8-5-2;1-7(9)8-5-3-2-4-6-8;1-3-2;1-2-3/h4-10H,1-3H3;2-6H2,1H3;3H,1-2H3;2-3H2,1H3/b6-4-,8-5-,9-7?;;;. The van der Waals surface area contributed by atoms with Crippen molar-refractivity contribution in [1.29, 1.82) is 0 Å². The monoisotopic (exact) mass is 353 g/mol. The summed E-state index contributed by atoms with van der Waals surface area (Å²) < 4.78 is 0. The van der Waals surface area contributed by atoms with Gasteiger partial charge in [-0.05, 0) is 59.7 Å². The minimum Gasteiger partial charge on any atom is -0.343 e. The Morgan fingerprint density at radius 2 is 1.56 bits per heavy atom. The summed E-state index contributed by atoms with van der Waals surface area (Å²) in [4.78, 5) is 12.6. The molecule has 1 unspecified atom stereocenters. The van der Waals surface area contributed by atoms with Crippen LogP contribution in [-0.2, 0) is 4.79 Å². The largest absolute Gasteiger partial charge is 0.343 e. The second-order valence-corrected chi connectivity index (χ2v) is 5.77. The summed E-state index contributed by atoms with van der Waals surface area (Å²) >= 11 is 0. The SMILES string of the molecule is C/C=C\C=CC(C)/C=C\C.CC(=O)N1CCCCC1.CCN.CNC. The number of rotatable bonds is 3. The van der Waals surface area contributed by atoms with Crippen molar-refractivity contribution in [2.45, 2.75) is 53.9 Å². The number of hydrogen-bond acceptors (Lipinski definition) is 3. The third kappa shape index (κ3) is 27.7. The number of piperidine rings is 1. The van der Waals surface area contributed by atoms with E-state index in [-0.39, 0.29) is 5.91 Å². The van der Waals surface area contributed by atoms with Gasteiger partial charge in [-0.3, -0.25) is 4.79 Å². The first-order valence-electron chi connectivity index (χ1n) is 9.41. The molecule has 1 aliphatic heterocycles. The van der Waals surface area contributed by atoms with Crippen LogP contribution in [0.5, 0.6) is 0 Å². The van der Waals surface area contributed by atoms with Gasteiger partial charge in [0, 0.05) is 20.0 Å². The van der Waals surface area contributed by atoms with E-state index in [9.17, 15) is 4.79 Å². The summed E-state index contributed by atoms with van der Waals surface area (Å²) in [5, 5.41) is 2.75. The lowest BCUT2D eigenvalue weighted by Crippen LogP contribution is -2.33. The average Bonchev–Trinajstić information content (AvgIpc) is 2.58. The number of carbonyl (C=O) groups excluding carboxylic acids is 1. The summed E-state index contributed by atoms with van der Waals surface area (Å²) in [6, 6.07) is 0. The Hall–Kier alpha value is -1.39. The Bertz CT molecular complexity index is 341. The molecule has 1 aliphatic rings. The van der Waals surface area contributed by atoms with E-state index in [1.54, 1.807) is 6.92 Å². The fraction of sp³-hybridized carbons (Fsp3) is 0.667. The number of carbonyl (C=O) groups is 1. The highest BCUT2D eigenvalue weighted by Gasteiger charge is 2.10. The molecular weight excluding hydrogens is 310 g/mol. The number of nitrogens with two attached hydrogens (primary N) is 1. The van der Waals surface area contributed by atoms with Gasteiger partial charge in [0.05, 0.1) is 0 Å². The van der Waals surface area contributed by atoms with Gasteiger partial charge in [-0.15, -0.1) is 0 Å². The molecule has 0 aliphatic carbocycles. The highest BCUT2D eigenvalue weighted by molar-refractivity contribution is 5.73. The van der Waals surface area contributed by atoms with E-state index in [0.29, 0.717) is 5.92 Å². The van der Waals surface area contributed by atoms with Gasteiger partial charge in [0.1, 0.15) is 0 Å². The third-order valence-corrected chi connectivity index (χ3v) is 3.02. The molecular formula is C21H43N3O. The molecule has 0 aromatic carbocycles. The third-order valence-electron chi connectivity index (χ3n) is 3.02. The van der Waals surface area contributed by atoms with Crippen LogP contribution in [0.1, 0.15) is 53.9 Å². The van der Waals surface area contributed by atoms with Crippen molar-refractivity contribution in [2.75, 3.05) is 33.7 Å². The van der Waals surface area contributed by atoms with Crippen LogP contribution in [-0.4, -0.2) is 44.5 Å². The van der Waals surface area contributed by atoms with E-state index in [4.69, 9.17) is 5.73 Å². The Morgan fingerprint density at radius 1 is 1.08 bits per heavy atom. The molecule has 1 saturated heterocycles. The van der Waals surface area contributed by atoms with Crippen LogP contribution >= 0.6 is 0 Å². The summed E-state index contributed by atoms with van der Waals surface area (Å²) in [5.74, 6) is 0.788. The first-order valence-corrected chi connectivity index (χ1v) is 9.41. The molecule has 148 valence electrons. The quantitative estimate of drug-likeness (QED) is 0.592. The molecule has 0 aromatic rings. The molecule has 1 heterocycles. The molecule has 0 spiro atoms. The van der Waals surface area contributed by atoms with Gasteiger partial charge in [-0.2, -0.15) is 0 Å². The fourth-order valence-corrected chi connectivity index (χ4v) is 1.93. The van der Waals surface area contributed by atoms with E-state index in [0.717, 1.165) is 19.6 Å². The minimum atomic E-state index is 0.231. The molecule has 4 nitrogen and oxygen atoms in total. The predicted molar refractivity (Wildman–Crippen MR) is 114 cm³/mol. The Kier molecular flexibility index (Phi) is 28.3. The van der Waals surface area contributed by atoms with Gasteiger partial charge in [-0.25, -0.2) is 0 Å². The van der Waals surface area contributed by atoms with Crippen molar-refractivity contribution in [3.05, 3.63) is 36.5 Å². The van der Waals surface area contributed by atoms with Gasteiger partial charge in [0.25, 0.3) is 0 Å². The van der Waals surface area contributed by atoms with Crippen molar-refractivity contribution < 1.29 is 4.79 Å². The van der Waals surface area contributed by atoms with Crippen LogP contribution in [0.25, 0.3) is 0 Å². The second kappa shape index (κ2) is 24.9. The number of likely N-dealkylation sites (tertiary alicyclic amines) is 1. The lowest BCUT2D eigenvalue weighted by Gasteiger charge is -2.24. The van der Waals surface area contributed by atoms with Gasteiger partial charge in [0.2, 0.25) is 5.91 Å². The first-order chi connectivity index (χ1) is 11.9. The van der Waals surface area contributed by atoms with Crippen molar-refractivity contribution in [1.82, 2.24) is 10.2 Å². The van der Waals surface area contributed by atoms with Gasteiger partial charge < -0.3 is 16.0 Å². The summed E-state index contributed by atoms with van der Waals surface area (Å²) in [5.41, 5.74) is 4.85. The van der Waals surface area contributed by atoms with Crippen LogP contribution in [0.3, 0.4) is 0 Å².